The van der Waals surface area contributed by atoms with E-state index in [2.05, 4.69) is 35.1 Å². The minimum Gasteiger partial charge on any atom is -0.323 e. The Balaban J connectivity index is 1.99. The number of thioether (sulfide) groups is 1. The molecule has 4 heteroatoms. The molecule has 2 aromatic rings. The van der Waals surface area contributed by atoms with Crippen molar-refractivity contribution in [2.75, 3.05) is 25.1 Å². The second-order valence-corrected chi connectivity index (χ2v) is 6.22. The number of hydrogen-bond acceptors (Lipinski definition) is 4. The van der Waals surface area contributed by atoms with Gasteiger partial charge in [0.2, 0.25) is 0 Å². The highest BCUT2D eigenvalue weighted by Crippen LogP contribution is 2.29. The SMILES string of the molecule is CN1CCSCC1C(N)c1cccc2ncccc12. The lowest BCUT2D eigenvalue weighted by Crippen LogP contribution is -2.46. The third-order valence-electron chi connectivity index (χ3n) is 3.90. The third-order valence-corrected chi connectivity index (χ3v) is 4.94. The Kier molecular flexibility index (Phi) is 3.73. The first-order valence-corrected chi connectivity index (χ1v) is 7.80. The highest BCUT2D eigenvalue weighted by Gasteiger charge is 2.27. The average Bonchev–Trinajstić information content (AvgIpc) is 2.46. The van der Waals surface area contributed by atoms with Crippen molar-refractivity contribution in [3.05, 3.63) is 42.1 Å². The van der Waals surface area contributed by atoms with Gasteiger partial charge in [-0.3, -0.25) is 9.88 Å². The van der Waals surface area contributed by atoms with Crippen LogP contribution in [0.5, 0.6) is 0 Å². The van der Waals surface area contributed by atoms with Crippen LogP contribution in [-0.4, -0.2) is 41.0 Å². The zero-order chi connectivity index (χ0) is 13.2. The number of rotatable bonds is 2. The maximum absolute atomic E-state index is 6.54. The second kappa shape index (κ2) is 5.49. The van der Waals surface area contributed by atoms with E-state index in [1.807, 2.05) is 30.1 Å². The zero-order valence-electron chi connectivity index (χ0n) is 11.1. The van der Waals surface area contributed by atoms with Crippen molar-refractivity contribution in [1.82, 2.24) is 9.88 Å². The summed E-state index contributed by atoms with van der Waals surface area (Å²) in [4.78, 5) is 6.80. The summed E-state index contributed by atoms with van der Waals surface area (Å²) in [5.41, 5.74) is 8.79. The molecule has 3 rings (SSSR count). The number of fused-ring (bicyclic) bond motifs is 1. The quantitative estimate of drug-likeness (QED) is 0.911. The lowest BCUT2D eigenvalue weighted by molar-refractivity contribution is 0.238. The molecule has 2 atom stereocenters. The summed E-state index contributed by atoms with van der Waals surface area (Å²) < 4.78 is 0. The molecule has 1 fully saturated rings. The lowest BCUT2D eigenvalue weighted by Gasteiger charge is -2.36. The van der Waals surface area contributed by atoms with Gasteiger partial charge in [0, 0.05) is 41.7 Å². The van der Waals surface area contributed by atoms with Crippen LogP contribution < -0.4 is 5.73 Å². The van der Waals surface area contributed by atoms with Crippen LogP contribution in [-0.2, 0) is 0 Å². The fraction of sp³-hybridized carbons (Fsp3) is 0.400. The molecule has 1 aromatic heterocycles. The van der Waals surface area contributed by atoms with Gasteiger partial charge in [0.1, 0.15) is 0 Å². The molecular formula is C15H19N3S. The van der Waals surface area contributed by atoms with E-state index in [9.17, 15) is 0 Å². The molecule has 3 nitrogen and oxygen atoms in total. The van der Waals surface area contributed by atoms with E-state index in [4.69, 9.17) is 5.73 Å². The van der Waals surface area contributed by atoms with Gasteiger partial charge in [0.15, 0.2) is 0 Å². The highest BCUT2D eigenvalue weighted by molar-refractivity contribution is 7.99. The van der Waals surface area contributed by atoms with E-state index in [1.165, 1.54) is 16.7 Å². The fourth-order valence-electron chi connectivity index (χ4n) is 2.71. The number of benzene rings is 1. The molecule has 1 aromatic carbocycles. The van der Waals surface area contributed by atoms with E-state index in [0.29, 0.717) is 6.04 Å². The fourth-order valence-corrected chi connectivity index (χ4v) is 4.00. The van der Waals surface area contributed by atoms with Gasteiger partial charge >= 0.3 is 0 Å². The molecule has 0 bridgehead atoms. The molecule has 1 saturated heterocycles. The number of hydrogen-bond donors (Lipinski definition) is 1. The van der Waals surface area contributed by atoms with Crippen LogP contribution in [0.1, 0.15) is 11.6 Å². The number of pyridine rings is 1. The van der Waals surface area contributed by atoms with Crippen molar-refractivity contribution >= 4 is 22.7 Å². The Labute approximate surface area is 118 Å². The Morgan fingerprint density at radius 3 is 3.11 bits per heavy atom. The Morgan fingerprint density at radius 1 is 1.37 bits per heavy atom. The van der Waals surface area contributed by atoms with Crippen molar-refractivity contribution in [2.45, 2.75) is 12.1 Å². The van der Waals surface area contributed by atoms with Gasteiger partial charge in [-0.2, -0.15) is 11.8 Å². The molecule has 0 radical (unpaired) electrons. The molecule has 0 saturated carbocycles. The molecular weight excluding hydrogens is 254 g/mol. The largest absolute Gasteiger partial charge is 0.323 e. The number of nitrogens with zero attached hydrogens (tertiary/aromatic N) is 2. The number of likely N-dealkylation sites (N-methyl/N-ethyl adjacent to an activating group) is 1. The summed E-state index contributed by atoms with van der Waals surface area (Å²) in [6.45, 7) is 1.12. The summed E-state index contributed by atoms with van der Waals surface area (Å²) in [6.07, 6.45) is 1.83. The third kappa shape index (κ3) is 2.48. The van der Waals surface area contributed by atoms with Crippen LogP contribution in [0, 0.1) is 0 Å². The first-order chi connectivity index (χ1) is 9.27. The van der Waals surface area contributed by atoms with Gasteiger partial charge in [-0.15, -0.1) is 0 Å². The molecule has 0 amide bonds. The van der Waals surface area contributed by atoms with Gasteiger partial charge in [0.05, 0.1) is 5.52 Å². The van der Waals surface area contributed by atoms with Crippen LogP contribution >= 0.6 is 11.8 Å². The Hall–Kier alpha value is -1.10. The molecule has 0 spiro atoms. The maximum atomic E-state index is 6.54. The standard InChI is InChI=1S/C15H19N3S/c1-18-8-9-19-10-14(18)15(16)12-4-2-6-13-11(12)5-3-7-17-13/h2-7,14-15H,8-10,16H2,1H3. The molecule has 0 aliphatic carbocycles. The summed E-state index contributed by atoms with van der Waals surface area (Å²) in [5, 5.41) is 1.18. The van der Waals surface area contributed by atoms with E-state index in [-0.39, 0.29) is 6.04 Å². The normalized spacial score (nSPS) is 22.5. The minimum atomic E-state index is 0.0469. The summed E-state index contributed by atoms with van der Waals surface area (Å²) in [6, 6.07) is 10.8. The number of nitrogens with two attached hydrogens (primary N) is 1. The van der Waals surface area contributed by atoms with E-state index in [0.717, 1.165) is 17.8 Å². The number of aromatic nitrogens is 1. The molecule has 2 N–H and O–H groups in total. The van der Waals surface area contributed by atoms with Crippen LogP contribution in [0.25, 0.3) is 10.9 Å². The van der Waals surface area contributed by atoms with Crippen LogP contribution in [0.3, 0.4) is 0 Å². The highest BCUT2D eigenvalue weighted by atomic mass is 32.2. The minimum absolute atomic E-state index is 0.0469. The Morgan fingerprint density at radius 2 is 2.26 bits per heavy atom. The van der Waals surface area contributed by atoms with Gasteiger partial charge < -0.3 is 5.73 Å². The van der Waals surface area contributed by atoms with Crippen molar-refractivity contribution < 1.29 is 0 Å². The predicted octanol–water partition coefficient (Wildman–Crippen LogP) is 2.28. The zero-order valence-corrected chi connectivity index (χ0v) is 11.9. The van der Waals surface area contributed by atoms with Gasteiger partial charge in [-0.05, 0) is 24.7 Å². The topological polar surface area (TPSA) is 42.1 Å². The molecule has 2 unspecified atom stereocenters. The van der Waals surface area contributed by atoms with E-state index >= 15 is 0 Å². The van der Waals surface area contributed by atoms with Crippen molar-refractivity contribution in [2.24, 2.45) is 5.73 Å². The molecule has 1 aliphatic heterocycles. The predicted molar refractivity (Wildman–Crippen MR) is 82.4 cm³/mol. The maximum Gasteiger partial charge on any atom is 0.0705 e. The lowest BCUT2D eigenvalue weighted by atomic mass is 9.96. The van der Waals surface area contributed by atoms with Crippen molar-refractivity contribution in [3.63, 3.8) is 0 Å². The van der Waals surface area contributed by atoms with E-state index < -0.39 is 0 Å². The van der Waals surface area contributed by atoms with Crippen LogP contribution in [0.15, 0.2) is 36.5 Å². The second-order valence-electron chi connectivity index (χ2n) is 5.07. The van der Waals surface area contributed by atoms with Crippen LogP contribution in [0.4, 0.5) is 0 Å². The Bertz CT molecular complexity index is 567. The van der Waals surface area contributed by atoms with Gasteiger partial charge in [0.25, 0.3) is 0 Å². The molecule has 1 aliphatic rings. The first-order valence-electron chi connectivity index (χ1n) is 6.64. The van der Waals surface area contributed by atoms with E-state index in [1.54, 1.807) is 0 Å². The summed E-state index contributed by atoms with van der Waals surface area (Å²) in [7, 11) is 2.17. The van der Waals surface area contributed by atoms with Crippen LogP contribution in [0.2, 0.25) is 0 Å². The monoisotopic (exact) mass is 273 g/mol. The molecule has 19 heavy (non-hydrogen) atoms. The summed E-state index contributed by atoms with van der Waals surface area (Å²) in [5.74, 6) is 2.31. The van der Waals surface area contributed by atoms with Crippen molar-refractivity contribution in [1.29, 1.82) is 0 Å². The average molecular weight is 273 g/mol. The van der Waals surface area contributed by atoms with Gasteiger partial charge in [-0.25, -0.2) is 0 Å². The first kappa shape index (κ1) is 12.9. The molecule has 2 heterocycles. The smallest absolute Gasteiger partial charge is 0.0705 e. The summed E-state index contributed by atoms with van der Waals surface area (Å²) >= 11 is 2.00. The molecule has 100 valence electrons. The van der Waals surface area contributed by atoms with Crippen molar-refractivity contribution in [3.8, 4) is 0 Å². The van der Waals surface area contributed by atoms with Gasteiger partial charge in [-0.1, -0.05) is 18.2 Å².